The highest BCUT2D eigenvalue weighted by molar-refractivity contribution is 5.44. The van der Waals surface area contributed by atoms with Gasteiger partial charge in [0.15, 0.2) is 11.5 Å². The van der Waals surface area contributed by atoms with Gasteiger partial charge in [0.1, 0.15) is 0 Å². The molecule has 2 heterocycles. The van der Waals surface area contributed by atoms with E-state index in [-0.39, 0.29) is 6.04 Å². The molecular weight excluding hydrogens is 230 g/mol. The van der Waals surface area contributed by atoms with Crippen LogP contribution >= 0.6 is 0 Å². The molecule has 1 atom stereocenters. The van der Waals surface area contributed by atoms with Crippen molar-refractivity contribution < 1.29 is 13.9 Å². The van der Waals surface area contributed by atoms with Gasteiger partial charge in [0, 0.05) is 18.2 Å². The van der Waals surface area contributed by atoms with Crippen molar-refractivity contribution in [1.29, 1.82) is 0 Å². The third-order valence-electron chi connectivity index (χ3n) is 3.09. The first-order chi connectivity index (χ1) is 8.83. The van der Waals surface area contributed by atoms with Crippen LogP contribution in [-0.2, 0) is 6.54 Å². The zero-order valence-electron chi connectivity index (χ0n) is 10.2. The van der Waals surface area contributed by atoms with Crippen LogP contribution in [0.25, 0.3) is 0 Å². The summed E-state index contributed by atoms with van der Waals surface area (Å²) in [5, 5.41) is 3.44. The minimum Gasteiger partial charge on any atom is -0.472 e. The van der Waals surface area contributed by atoms with Crippen molar-refractivity contribution in [2.45, 2.75) is 19.5 Å². The molecule has 0 fully saturated rings. The van der Waals surface area contributed by atoms with Crippen molar-refractivity contribution in [3.05, 3.63) is 47.9 Å². The highest BCUT2D eigenvalue weighted by atomic mass is 16.7. The monoisotopic (exact) mass is 245 g/mol. The molecule has 0 saturated heterocycles. The van der Waals surface area contributed by atoms with Gasteiger partial charge >= 0.3 is 0 Å². The molecule has 2 aromatic rings. The average Bonchev–Trinajstić information content (AvgIpc) is 3.05. The van der Waals surface area contributed by atoms with Crippen LogP contribution in [0.3, 0.4) is 0 Å². The van der Waals surface area contributed by atoms with Crippen molar-refractivity contribution in [1.82, 2.24) is 5.32 Å². The number of fused-ring (bicyclic) bond motifs is 1. The molecule has 94 valence electrons. The number of hydrogen-bond donors (Lipinski definition) is 1. The van der Waals surface area contributed by atoms with Crippen LogP contribution in [0.2, 0.25) is 0 Å². The van der Waals surface area contributed by atoms with Crippen LogP contribution in [0.4, 0.5) is 0 Å². The fourth-order valence-corrected chi connectivity index (χ4v) is 1.96. The van der Waals surface area contributed by atoms with Crippen LogP contribution in [0, 0.1) is 0 Å². The van der Waals surface area contributed by atoms with Crippen LogP contribution in [-0.4, -0.2) is 6.79 Å². The Morgan fingerprint density at radius 2 is 2.11 bits per heavy atom. The van der Waals surface area contributed by atoms with E-state index in [1.54, 1.807) is 12.5 Å². The average molecular weight is 245 g/mol. The highest BCUT2D eigenvalue weighted by Crippen LogP contribution is 2.32. The molecular formula is C14H15NO3. The molecule has 1 aliphatic rings. The summed E-state index contributed by atoms with van der Waals surface area (Å²) in [7, 11) is 0. The van der Waals surface area contributed by atoms with Crippen molar-refractivity contribution in [3.63, 3.8) is 0 Å². The predicted molar refractivity (Wildman–Crippen MR) is 66.5 cm³/mol. The molecule has 0 spiro atoms. The molecule has 0 aliphatic carbocycles. The van der Waals surface area contributed by atoms with Crippen molar-refractivity contribution in [2.24, 2.45) is 0 Å². The van der Waals surface area contributed by atoms with Crippen LogP contribution in [0.1, 0.15) is 24.1 Å². The first-order valence-corrected chi connectivity index (χ1v) is 5.97. The lowest BCUT2D eigenvalue weighted by Crippen LogP contribution is -2.17. The first kappa shape index (κ1) is 11.2. The molecule has 1 N–H and O–H groups in total. The second kappa shape index (κ2) is 4.74. The standard InChI is InChI=1S/C14H15NO3/c1-10(12-4-5-16-8-12)15-7-11-2-3-13-14(6-11)18-9-17-13/h2-6,8,10,15H,7,9H2,1H3. The summed E-state index contributed by atoms with van der Waals surface area (Å²) in [4.78, 5) is 0. The van der Waals surface area contributed by atoms with E-state index < -0.39 is 0 Å². The van der Waals surface area contributed by atoms with Gasteiger partial charge in [0.2, 0.25) is 6.79 Å². The molecule has 3 rings (SSSR count). The topological polar surface area (TPSA) is 43.6 Å². The molecule has 1 unspecified atom stereocenters. The molecule has 18 heavy (non-hydrogen) atoms. The quantitative estimate of drug-likeness (QED) is 0.899. The maximum absolute atomic E-state index is 5.35. The molecule has 4 nitrogen and oxygen atoms in total. The number of hydrogen-bond acceptors (Lipinski definition) is 4. The van der Waals surface area contributed by atoms with Crippen molar-refractivity contribution in [3.8, 4) is 11.5 Å². The Balaban J connectivity index is 1.63. The number of furan rings is 1. The Hall–Kier alpha value is -1.94. The Labute approximate surface area is 106 Å². The third-order valence-corrected chi connectivity index (χ3v) is 3.09. The van der Waals surface area contributed by atoms with E-state index in [0.717, 1.165) is 23.6 Å². The Kier molecular flexibility index (Phi) is 2.94. The van der Waals surface area contributed by atoms with E-state index >= 15 is 0 Å². The van der Waals surface area contributed by atoms with E-state index in [4.69, 9.17) is 13.9 Å². The lowest BCUT2D eigenvalue weighted by molar-refractivity contribution is 0.174. The maximum atomic E-state index is 5.35. The molecule has 0 bridgehead atoms. The van der Waals surface area contributed by atoms with Crippen LogP contribution < -0.4 is 14.8 Å². The zero-order chi connectivity index (χ0) is 12.4. The summed E-state index contributed by atoms with van der Waals surface area (Å²) in [6.07, 6.45) is 3.45. The van der Waals surface area contributed by atoms with E-state index in [2.05, 4.69) is 12.2 Å². The lowest BCUT2D eigenvalue weighted by atomic mass is 10.1. The van der Waals surface area contributed by atoms with Crippen LogP contribution in [0.5, 0.6) is 11.5 Å². The summed E-state index contributed by atoms with van der Waals surface area (Å²) in [5.74, 6) is 1.65. The Bertz CT molecular complexity index is 522. The Morgan fingerprint density at radius 3 is 2.94 bits per heavy atom. The lowest BCUT2D eigenvalue weighted by Gasteiger charge is -2.12. The Morgan fingerprint density at radius 1 is 1.22 bits per heavy atom. The summed E-state index contributed by atoms with van der Waals surface area (Å²) in [6.45, 7) is 3.21. The molecule has 0 radical (unpaired) electrons. The largest absolute Gasteiger partial charge is 0.472 e. The minimum absolute atomic E-state index is 0.258. The normalized spacial score (nSPS) is 14.7. The van der Waals surface area contributed by atoms with Gasteiger partial charge < -0.3 is 19.2 Å². The van der Waals surface area contributed by atoms with Gasteiger partial charge in [-0.1, -0.05) is 6.07 Å². The summed E-state index contributed by atoms with van der Waals surface area (Å²) < 4.78 is 15.7. The van der Waals surface area contributed by atoms with Gasteiger partial charge in [0.25, 0.3) is 0 Å². The van der Waals surface area contributed by atoms with Gasteiger partial charge in [0.05, 0.1) is 12.5 Å². The second-order valence-electron chi connectivity index (χ2n) is 4.35. The fourth-order valence-electron chi connectivity index (χ4n) is 1.96. The second-order valence-corrected chi connectivity index (χ2v) is 4.35. The molecule has 4 heteroatoms. The number of benzene rings is 1. The van der Waals surface area contributed by atoms with Gasteiger partial charge in [-0.15, -0.1) is 0 Å². The van der Waals surface area contributed by atoms with E-state index in [0.29, 0.717) is 6.79 Å². The summed E-state index contributed by atoms with van der Waals surface area (Å²) in [5.41, 5.74) is 2.32. The number of nitrogens with one attached hydrogen (secondary N) is 1. The fraction of sp³-hybridized carbons (Fsp3) is 0.286. The number of ether oxygens (including phenoxy) is 2. The van der Waals surface area contributed by atoms with Gasteiger partial charge in [-0.05, 0) is 30.7 Å². The molecule has 1 aliphatic heterocycles. The van der Waals surface area contributed by atoms with Gasteiger partial charge in [-0.3, -0.25) is 0 Å². The highest BCUT2D eigenvalue weighted by Gasteiger charge is 2.13. The molecule has 0 saturated carbocycles. The molecule has 1 aromatic heterocycles. The van der Waals surface area contributed by atoms with Gasteiger partial charge in [-0.25, -0.2) is 0 Å². The zero-order valence-corrected chi connectivity index (χ0v) is 10.2. The summed E-state index contributed by atoms with van der Waals surface area (Å²) >= 11 is 0. The SMILES string of the molecule is CC(NCc1ccc2c(c1)OCO2)c1ccoc1. The minimum atomic E-state index is 0.258. The van der Waals surface area contributed by atoms with E-state index in [9.17, 15) is 0 Å². The first-order valence-electron chi connectivity index (χ1n) is 5.97. The number of rotatable bonds is 4. The van der Waals surface area contributed by atoms with Gasteiger partial charge in [-0.2, -0.15) is 0 Å². The molecule has 0 amide bonds. The maximum Gasteiger partial charge on any atom is 0.231 e. The van der Waals surface area contributed by atoms with Crippen molar-refractivity contribution >= 4 is 0 Å². The predicted octanol–water partition coefficient (Wildman–Crippen LogP) is 2.86. The summed E-state index contributed by atoms with van der Waals surface area (Å²) in [6, 6.07) is 8.23. The van der Waals surface area contributed by atoms with E-state index in [1.165, 1.54) is 5.56 Å². The smallest absolute Gasteiger partial charge is 0.231 e. The third kappa shape index (κ3) is 2.19. The van der Waals surface area contributed by atoms with Crippen molar-refractivity contribution in [2.75, 3.05) is 6.79 Å². The molecule has 1 aromatic carbocycles. The van der Waals surface area contributed by atoms with E-state index in [1.807, 2.05) is 24.3 Å². The van der Waals surface area contributed by atoms with Crippen LogP contribution in [0.15, 0.2) is 41.2 Å².